The zero-order chi connectivity index (χ0) is 6.69. The van der Waals surface area contributed by atoms with E-state index in [1.807, 2.05) is 0 Å². The quantitative estimate of drug-likeness (QED) is 0.615. The standard InChI is InChI=1S/C5H12NO2P.CH4/c1-6-3-2-5(4-6)8-9-7;/h5,7,9H,2-4H2,1H3;1H4. The van der Waals surface area contributed by atoms with Crippen molar-refractivity contribution in [1.29, 1.82) is 0 Å². The molecular formula is C6H16NO2P. The van der Waals surface area contributed by atoms with Gasteiger partial charge in [-0.1, -0.05) is 7.43 Å². The number of likely N-dealkylation sites (N-methyl/N-ethyl adjacent to an activating group) is 1. The first kappa shape index (κ1) is 10.3. The number of hydrogen-bond donors (Lipinski definition) is 1. The summed E-state index contributed by atoms with van der Waals surface area (Å²) in [7, 11) is 1.71. The van der Waals surface area contributed by atoms with Gasteiger partial charge in [-0.15, -0.1) is 0 Å². The van der Waals surface area contributed by atoms with Gasteiger partial charge in [-0.25, -0.2) is 0 Å². The molecule has 1 aliphatic heterocycles. The van der Waals surface area contributed by atoms with E-state index >= 15 is 0 Å². The molecule has 1 N–H and O–H groups in total. The molecule has 0 spiro atoms. The lowest BCUT2D eigenvalue weighted by Gasteiger charge is -2.07. The molecule has 2 atom stereocenters. The summed E-state index contributed by atoms with van der Waals surface area (Å²) in [6.07, 6.45) is 1.34. The smallest absolute Gasteiger partial charge is 0.152 e. The summed E-state index contributed by atoms with van der Waals surface area (Å²) in [6.45, 7) is 2.06. The third-order valence-corrected chi connectivity index (χ3v) is 2.01. The van der Waals surface area contributed by atoms with E-state index in [0.717, 1.165) is 19.5 Å². The molecule has 1 heterocycles. The van der Waals surface area contributed by atoms with Gasteiger partial charge in [0.25, 0.3) is 0 Å². The Bertz CT molecular complexity index is 89.8. The maximum Gasteiger partial charge on any atom is 0.152 e. The molecule has 0 aromatic heterocycles. The van der Waals surface area contributed by atoms with E-state index in [4.69, 9.17) is 9.42 Å². The highest BCUT2D eigenvalue weighted by Gasteiger charge is 2.19. The number of nitrogens with zero attached hydrogens (tertiary/aromatic N) is 1. The highest BCUT2D eigenvalue weighted by molar-refractivity contribution is 7.25. The van der Waals surface area contributed by atoms with Crippen LogP contribution < -0.4 is 0 Å². The Kier molecular flexibility index (Phi) is 5.18. The second kappa shape index (κ2) is 5.03. The Morgan fingerprint density at radius 2 is 2.40 bits per heavy atom. The molecule has 2 unspecified atom stereocenters. The van der Waals surface area contributed by atoms with Crippen LogP contribution in [0.25, 0.3) is 0 Å². The molecule has 1 aliphatic rings. The molecule has 10 heavy (non-hydrogen) atoms. The third kappa shape index (κ3) is 2.93. The van der Waals surface area contributed by atoms with Crippen molar-refractivity contribution in [3.63, 3.8) is 0 Å². The molecule has 0 aliphatic carbocycles. The van der Waals surface area contributed by atoms with Crippen LogP contribution in [0.2, 0.25) is 0 Å². The van der Waals surface area contributed by atoms with Gasteiger partial charge in [-0.2, -0.15) is 0 Å². The topological polar surface area (TPSA) is 32.7 Å². The Balaban J connectivity index is 0.000000810. The minimum atomic E-state index is -0.345. The lowest BCUT2D eigenvalue weighted by atomic mass is 10.3. The summed E-state index contributed by atoms with van der Waals surface area (Å²) < 4.78 is 5.01. The summed E-state index contributed by atoms with van der Waals surface area (Å²) in [5.74, 6) is 0. The van der Waals surface area contributed by atoms with Crippen LogP contribution in [0.15, 0.2) is 0 Å². The van der Waals surface area contributed by atoms with Gasteiger partial charge >= 0.3 is 0 Å². The third-order valence-electron chi connectivity index (χ3n) is 1.57. The SMILES string of the molecule is C.CN1CCC(OPO)C1. The number of hydrogen-bond acceptors (Lipinski definition) is 3. The zero-order valence-electron chi connectivity index (χ0n) is 5.50. The monoisotopic (exact) mass is 165 g/mol. The summed E-state index contributed by atoms with van der Waals surface area (Å²) in [5.41, 5.74) is 0. The van der Waals surface area contributed by atoms with Gasteiger partial charge in [0.1, 0.15) is 0 Å². The molecule has 0 saturated carbocycles. The van der Waals surface area contributed by atoms with E-state index in [9.17, 15) is 0 Å². The first-order valence-corrected chi connectivity index (χ1v) is 3.92. The molecular weight excluding hydrogens is 149 g/mol. The van der Waals surface area contributed by atoms with Gasteiger partial charge in [-0.05, 0) is 13.5 Å². The first-order chi connectivity index (χ1) is 4.33. The van der Waals surface area contributed by atoms with E-state index in [1.165, 1.54) is 0 Å². The van der Waals surface area contributed by atoms with E-state index in [-0.39, 0.29) is 22.6 Å². The Morgan fingerprint density at radius 3 is 2.80 bits per heavy atom. The molecule has 0 aromatic rings. The maximum absolute atomic E-state index is 8.40. The van der Waals surface area contributed by atoms with E-state index in [2.05, 4.69) is 11.9 Å². The van der Waals surface area contributed by atoms with Crippen LogP contribution in [-0.4, -0.2) is 36.0 Å². The minimum Gasteiger partial charge on any atom is -0.352 e. The fourth-order valence-electron chi connectivity index (χ4n) is 1.07. The van der Waals surface area contributed by atoms with Gasteiger partial charge in [0.05, 0.1) is 6.10 Å². The summed E-state index contributed by atoms with van der Waals surface area (Å²) in [5, 5.41) is 0. The van der Waals surface area contributed by atoms with Crippen LogP contribution in [0, 0.1) is 0 Å². The van der Waals surface area contributed by atoms with Gasteiger partial charge in [0.2, 0.25) is 0 Å². The summed E-state index contributed by atoms with van der Waals surface area (Å²) in [4.78, 5) is 10.6. The molecule has 1 saturated heterocycles. The van der Waals surface area contributed by atoms with Crippen LogP contribution in [0.3, 0.4) is 0 Å². The normalized spacial score (nSPS) is 27.6. The molecule has 0 radical (unpaired) electrons. The van der Waals surface area contributed by atoms with Crippen molar-refractivity contribution in [3.05, 3.63) is 0 Å². The molecule has 0 bridgehead atoms. The maximum atomic E-state index is 8.40. The Hall–Kier alpha value is 0.310. The van der Waals surface area contributed by atoms with Crippen molar-refractivity contribution in [2.24, 2.45) is 0 Å². The van der Waals surface area contributed by atoms with E-state index < -0.39 is 0 Å². The second-order valence-corrected chi connectivity index (χ2v) is 2.80. The van der Waals surface area contributed by atoms with Crippen molar-refractivity contribution in [1.82, 2.24) is 4.90 Å². The van der Waals surface area contributed by atoms with Crippen LogP contribution in [-0.2, 0) is 4.52 Å². The predicted octanol–water partition coefficient (Wildman–Crippen LogP) is 0.844. The highest BCUT2D eigenvalue weighted by Crippen LogP contribution is 2.17. The second-order valence-electron chi connectivity index (χ2n) is 2.38. The van der Waals surface area contributed by atoms with Gasteiger partial charge < -0.3 is 14.3 Å². The molecule has 0 amide bonds. The fourth-order valence-corrected chi connectivity index (χ4v) is 1.41. The Labute approximate surface area is 64.3 Å². The van der Waals surface area contributed by atoms with Crippen molar-refractivity contribution in [2.45, 2.75) is 20.0 Å². The minimum absolute atomic E-state index is 0. The van der Waals surface area contributed by atoms with Crippen LogP contribution in [0.5, 0.6) is 0 Å². The molecule has 1 rings (SSSR count). The van der Waals surface area contributed by atoms with Crippen LogP contribution in [0.4, 0.5) is 0 Å². The summed E-state index contributed by atoms with van der Waals surface area (Å²) in [6, 6.07) is 0. The average molecular weight is 165 g/mol. The molecule has 4 heteroatoms. The predicted molar refractivity (Wildman–Crippen MR) is 44.3 cm³/mol. The highest BCUT2D eigenvalue weighted by atomic mass is 31.1. The van der Waals surface area contributed by atoms with E-state index in [1.54, 1.807) is 0 Å². The number of likely N-dealkylation sites (tertiary alicyclic amines) is 1. The van der Waals surface area contributed by atoms with Crippen molar-refractivity contribution in [2.75, 3.05) is 20.1 Å². The molecule has 62 valence electrons. The largest absolute Gasteiger partial charge is 0.352 e. The Morgan fingerprint density at radius 1 is 1.70 bits per heavy atom. The molecule has 3 nitrogen and oxygen atoms in total. The van der Waals surface area contributed by atoms with Gasteiger partial charge in [-0.3, -0.25) is 0 Å². The lowest BCUT2D eigenvalue weighted by molar-refractivity contribution is 0.219. The molecule has 1 fully saturated rings. The van der Waals surface area contributed by atoms with E-state index in [0.29, 0.717) is 0 Å². The van der Waals surface area contributed by atoms with Gasteiger partial charge in [0, 0.05) is 13.1 Å². The van der Waals surface area contributed by atoms with Crippen molar-refractivity contribution >= 4 is 9.03 Å². The summed E-state index contributed by atoms with van der Waals surface area (Å²) >= 11 is 0. The first-order valence-electron chi connectivity index (χ1n) is 3.06. The zero-order valence-corrected chi connectivity index (χ0v) is 6.50. The lowest BCUT2D eigenvalue weighted by Crippen LogP contribution is -2.16. The van der Waals surface area contributed by atoms with Crippen LogP contribution in [0.1, 0.15) is 13.8 Å². The average Bonchev–Trinajstić information content (AvgIpc) is 2.17. The molecule has 0 aromatic carbocycles. The van der Waals surface area contributed by atoms with Crippen molar-refractivity contribution in [3.8, 4) is 0 Å². The number of rotatable bonds is 2. The van der Waals surface area contributed by atoms with Gasteiger partial charge in [0.15, 0.2) is 9.03 Å². The van der Waals surface area contributed by atoms with Crippen molar-refractivity contribution < 1.29 is 9.42 Å². The fraction of sp³-hybridized carbons (Fsp3) is 1.00. The van der Waals surface area contributed by atoms with Crippen LogP contribution >= 0.6 is 9.03 Å².